The lowest BCUT2D eigenvalue weighted by Crippen LogP contribution is -2.45. The molecule has 3 aromatic rings. The van der Waals surface area contributed by atoms with Crippen molar-refractivity contribution in [3.8, 4) is 22.8 Å². The van der Waals surface area contributed by atoms with Crippen LogP contribution in [0.1, 0.15) is 0 Å². The second kappa shape index (κ2) is 8.07. The van der Waals surface area contributed by atoms with E-state index in [-0.39, 0.29) is 0 Å². The van der Waals surface area contributed by atoms with Crippen LogP contribution in [0.2, 0.25) is 5.02 Å². The molecule has 6 nitrogen and oxygen atoms in total. The Kier molecular flexibility index (Phi) is 5.53. The van der Waals surface area contributed by atoms with Crippen LogP contribution in [0.25, 0.3) is 22.2 Å². The van der Waals surface area contributed by atoms with Gasteiger partial charge in [-0.05, 0) is 19.2 Å². The molecule has 0 saturated carbocycles. The molecule has 1 aromatic carbocycles. The molecular weight excluding hydrogens is 376 g/mol. The maximum absolute atomic E-state index is 6.16. The molecule has 1 saturated heterocycles. The van der Waals surface area contributed by atoms with Crippen molar-refractivity contribution >= 4 is 22.5 Å². The molecule has 0 bridgehead atoms. The topological polar surface area (TPSA) is 45.7 Å². The van der Waals surface area contributed by atoms with Crippen LogP contribution in [0.3, 0.4) is 0 Å². The smallest absolute Gasteiger partial charge is 0.162 e. The van der Waals surface area contributed by atoms with Gasteiger partial charge in [0, 0.05) is 74.4 Å². The van der Waals surface area contributed by atoms with Gasteiger partial charge >= 0.3 is 0 Å². The number of methoxy groups -OCH3 is 2. The van der Waals surface area contributed by atoms with Crippen molar-refractivity contribution in [2.45, 2.75) is 6.54 Å². The lowest BCUT2D eigenvalue weighted by molar-refractivity contribution is 0.150. The van der Waals surface area contributed by atoms with Crippen molar-refractivity contribution in [3.05, 3.63) is 35.6 Å². The molecule has 0 atom stereocenters. The van der Waals surface area contributed by atoms with E-state index in [0.29, 0.717) is 5.02 Å². The van der Waals surface area contributed by atoms with Crippen LogP contribution in [0.5, 0.6) is 11.5 Å². The molecule has 1 aliphatic heterocycles. The van der Waals surface area contributed by atoms with E-state index in [0.717, 1.165) is 72.9 Å². The van der Waals surface area contributed by atoms with Gasteiger partial charge in [-0.15, -0.1) is 0 Å². The highest BCUT2D eigenvalue weighted by atomic mass is 35.5. The van der Waals surface area contributed by atoms with Crippen LogP contribution >= 0.6 is 11.6 Å². The van der Waals surface area contributed by atoms with Gasteiger partial charge < -0.3 is 23.9 Å². The van der Waals surface area contributed by atoms with Gasteiger partial charge in [0.05, 0.1) is 24.8 Å². The van der Waals surface area contributed by atoms with Crippen molar-refractivity contribution in [3.63, 3.8) is 0 Å². The standard InChI is InChI=1S/C21H27ClN4O2/c1-24-4-6-25(7-5-24)8-9-26-14-17(18-10-15(22)13-23-18)16-11-20(27-2)21(28-3)12-19(16)26/h10-14,23H,4-9H2,1-3H3. The summed E-state index contributed by atoms with van der Waals surface area (Å²) < 4.78 is 13.4. The summed E-state index contributed by atoms with van der Waals surface area (Å²) in [6.07, 6.45) is 4.01. The zero-order valence-corrected chi connectivity index (χ0v) is 17.4. The van der Waals surface area contributed by atoms with Crippen LogP contribution in [0.15, 0.2) is 30.6 Å². The average molecular weight is 403 g/mol. The van der Waals surface area contributed by atoms with Crippen LogP contribution in [-0.4, -0.2) is 73.3 Å². The number of nitrogens with one attached hydrogen (secondary N) is 1. The minimum absolute atomic E-state index is 0.703. The highest BCUT2D eigenvalue weighted by Gasteiger charge is 2.18. The zero-order chi connectivity index (χ0) is 19.7. The number of nitrogens with zero attached hydrogens (tertiary/aromatic N) is 3. The number of likely N-dealkylation sites (N-methyl/N-ethyl adjacent to an activating group) is 1. The number of rotatable bonds is 6. The fraction of sp³-hybridized carbons (Fsp3) is 0.429. The van der Waals surface area contributed by atoms with Gasteiger partial charge in [0.15, 0.2) is 11.5 Å². The monoisotopic (exact) mass is 402 g/mol. The lowest BCUT2D eigenvalue weighted by atomic mass is 10.1. The fourth-order valence-corrected chi connectivity index (χ4v) is 4.02. The predicted octanol–water partition coefficient (Wildman–Crippen LogP) is 3.55. The Labute approximate surface area is 170 Å². The molecule has 1 aliphatic rings. The molecule has 2 aromatic heterocycles. The van der Waals surface area contributed by atoms with Gasteiger partial charge in [-0.1, -0.05) is 11.6 Å². The first-order valence-corrected chi connectivity index (χ1v) is 9.97. The summed E-state index contributed by atoms with van der Waals surface area (Å²) in [6.45, 7) is 6.44. The number of H-pyrrole nitrogens is 1. The second-order valence-electron chi connectivity index (χ2n) is 7.34. The molecule has 28 heavy (non-hydrogen) atoms. The molecule has 7 heteroatoms. The summed E-state index contributed by atoms with van der Waals surface area (Å²) in [6, 6.07) is 6.06. The van der Waals surface area contributed by atoms with Crippen LogP contribution in [0, 0.1) is 0 Å². The molecule has 1 N–H and O–H groups in total. The third-order valence-corrected chi connectivity index (χ3v) is 5.80. The summed E-state index contributed by atoms with van der Waals surface area (Å²) in [5, 5.41) is 1.82. The number of hydrogen-bond acceptors (Lipinski definition) is 4. The van der Waals surface area contributed by atoms with E-state index < -0.39 is 0 Å². The van der Waals surface area contributed by atoms with E-state index in [1.54, 1.807) is 14.2 Å². The van der Waals surface area contributed by atoms with Crippen LogP contribution in [0.4, 0.5) is 0 Å². The Morgan fingerprint density at radius 3 is 2.36 bits per heavy atom. The Morgan fingerprint density at radius 1 is 1.00 bits per heavy atom. The van der Waals surface area contributed by atoms with Gasteiger partial charge in [0.2, 0.25) is 0 Å². The Morgan fingerprint density at radius 2 is 1.71 bits per heavy atom. The zero-order valence-electron chi connectivity index (χ0n) is 16.7. The molecule has 4 rings (SSSR count). The fourth-order valence-electron chi connectivity index (χ4n) is 3.86. The normalized spacial score (nSPS) is 16.0. The number of hydrogen-bond donors (Lipinski definition) is 1. The molecular formula is C21H27ClN4O2. The Hall–Kier alpha value is -2.15. The van der Waals surface area contributed by atoms with Crippen molar-refractivity contribution in [1.29, 1.82) is 0 Å². The van der Waals surface area contributed by atoms with E-state index in [1.807, 2.05) is 18.3 Å². The number of aromatic nitrogens is 2. The number of aromatic amines is 1. The highest BCUT2D eigenvalue weighted by Crippen LogP contribution is 2.38. The van der Waals surface area contributed by atoms with E-state index in [1.165, 1.54) is 0 Å². The second-order valence-corrected chi connectivity index (χ2v) is 7.77. The molecule has 0 amide bonds. The molecule has 0 spiro atoms. The summed E-state index contributed by atoms with van der Waals surface area (Å²) in [5.41, 5.74) is 3.24. The quantitative estimate of drug-likeness (QED) is 0.684. The van der Waals surface area contributed by atoms with E-state index in [9.17, 15) is 0 Å². The van der Waals surface area contributed by atoms with Crippen molar-refractivity contribution < 1.29 is 9.47 Å². The lowest BCUT2D eigenvalue weighted by Gasteiger charge is -2.32. The Balaban J connectivity index is 1.70. The maximum Gasteiger partial charge on any atom is 0.162 e. The number of piperazine rings is 1. The molecule has 0 radical (unpaired) electrons. The van der Waals surface area contributed by atoms with E-state index >= 15 is 0 Å². The van der Waals surface area contributed by atoms with E-state index in [2.05, 4.69) is 38.7 Å². The molecule has 0 unspecified atom stereocenters. The van der Waals surface area contributed by atoms with Crippen LogP contribution in [-0.2, 0) is 6.54 Å². The van der Waals surface area contributed by atoms with Gasteiger partial charge in [-0.25, -0.2) is 0 Å². The van der Waals surface area contributed by atoms with Crippen molar-refractivity contribution in [1.82, 2.24) is 19.4 Å². The first-order valence-electron chi connectivity index (χ1n) is 9.59. The largest absolute Gasteiger partial charge is 0.493 e. The third kappa shape index (κ3) is 3.72. The maximum atomic E-state index is 6.16. The Bertz CT molecular complexity index is 957. The minimum Gasteiger partial charge on any atom is -0.493 e. The van der Waals surface area contributed by atoms with Gasteiger partial charge in [0.1, 0.15) is 0 Å². The predicted molar refractivity (Wildman–Crippen MR) is 114 cm³/mol. The summed E-state index contributed by atoms with van der Waals surface area (Å²) >= 11 is 6.16. The molecule has 1 fully saturated rings. The number of halogens is 1. The van der Waals surface area contributed by atoms with Gasteiger partial charge in [-0.2, -0.15) is 0 Å². The van der Waals surface area contributed by atoms with Gasteiger partial charge in [0.25, 0.3) is 0 Å². The van der Waals surface area contributed by atoms with E-state index in [4.69, 9.17) is 21.1 Å². The minimum atomic E-state index is 0.703. The molecule has 150 valence electrons. The molecule has 3 heterocycles. The van der Waals surface area contributed by atoms with Gasteiger partial charge in [-0.3, -0.25) is 4.90 Å². The number of fused-ring (bicyclic) bond motifs is 1. The number of ether oxygens (including phenoxy) is 2. The third-order valence-electron chi connectivity index (χ3n) is 5.58. The summed E-state index contributed by atoms with van der Waals surface area (Å²) in [5.74, 6) is 1.47. The number of benzene rings is 1. The van der Waals surface area contributed by atoms with Crippen LogP contribution < -0.4 is 9.47 Å². The average Bonchev–Trinajstić information content (AvgIpc) is 3.29. The summed E-state index contributed by atoms with van der Waals surface area (Å²) in [4.78, 5) is 8.18. The van der Waals surface area contributed by atoms with Crippen molar-refractivity contribution in [2.75, 3.05) is 54.0 Å². The first kappa shape index (κ1) is 19.2. The summed E-state index contributed by atoms with van der Waals surface area (Å²) in [7, 11) is 5.52. The highest BCUT2D eigenvalue weighted by molar-refractivity contribution is 6.30. The SMILES string of the molecule is COc1cc2c(-c3cc(Cl)c[nH]3)cn(CCN3CCN(C)CC3)c2cc1OC. The van der Waals surface area contributed by atoms with Crippen molar-refractivity contribution in [2.24, 2.45) is 0 Å². The first-order chi connectivity index (χ1) is 13.6. The molecule has 0 aliphatic carbocycles.